The molecular weight excluding hydrogens is 220 g/mol. The summed E-state index contributed by atoms with van der Waals surface area (Å²) in [6.07, 6.45) is 0.894. The van der Waals surface area contributed by atoms with E-state index in [0.29, 0.717) is 17.9 Å². The zero-order chi connectivity index (χ0) is 12.7. The smallest absolute Gasteiger partial charge is 0.255 e. The lowest BCUT2D eigenvalue weighted by molar-refractivity contribution is -0.119. The van der Waals surface area contributed by atoms with E-state index >= 15 is 0 Å². The van der Waals surface area contributed by atoms with Crippen molar-refractivity contribution in [3.63, 3.8) is 0 Å². The fourth-order valence-corrected chi connectivity index (χ4v) is 1.20. The quantitative estimate of drug-likeness (QED) is 0.762. The molecule has 0 radical (unpaired) electrons. The number of amides is 2. The largest absolute Gasteiger partial charge is 0.484 e. The maximum Gasteiger partial charge on any atom is 0.255 e. The lowest BCUT2D eigenvalue weighted by atomic mass is 10.2. The summed E-state index contributed by atoms with van der Waals surface area (Å²) in [5.74, 6) is -0.140. The summed E-state index contributed by atoms with van der Waals surface area (Å²) in [6.45, 7) is 2.47. The molecule has 3 N–H and O–H groups in total. The molecule has 5 heteroatoms. The van der Waals surface area contributed by atoms with Crippen LogP contribution < -0.4 is 15.8 Å². The Bertz CT molecular complexity index is 387. The monoisotopic (exact) mass is 236 g/mol. The first kappa shape index (κ1) is 13.0. The number of rotatable bonds is 6. The van der Waals surface area contributed by atoms with Crippen molar-refractivity contribution in [2.24, 2.45) is 5.73 Å². The zero-order valence-corrected chi connectivity index (χ0v) is 9.73. The number of hydrogen-bond donors (Lipinski definition) is 2. The Morgan fingerprint density at radius 3 is 2.47 bits per heavy atom. The van der Waals surface area contributed by atoms with Crippen molar-refractivity contribution in [1.82, 2.24) is 5.32 Å². The van der Waals surface area contributed by atoms with Gasteiger partial charge in [0.1, 0.15) is 5.75 Å². The van der Waals surface area contributed by atoms with Gasteiger partial charge in [0.05, 0.1) is 0 Å². The first-order chi connectivity index (χ1) is 8.13. The highest BCUT2D eigenvalue weighted by Gasteiger charge is 2.04. The van der Waals surface area contributed by atoms with Crippen molar-refractivity contribution in [2.45, 2.75) is 13.3 Å². The summed E-state index contributed by atoms with van der Waals surface area (Å²) in [5.41, 5.74) is 5.51. The molecule has 0 saturated carbocycles. The van der Waals surface area contributed by atoms with Gasteiger partial charge in [-0.25, -0.2) is 0 Å². The van der Waals surface area contributed by atoms with Crippen molar-refractivity contribution in [3.05, 3.63) is 29.8 Å². The van der Waals surface area contributed by atoms with Gasteiger partial charge in [0.2, 0.25) is 0 Å². The summed E-state index contributed by atoms with van der Waals surface area (Å²) < 4.78 is 5.08. The molecule has 1 aromatic rings. The summed E-state index contributed by atoms with van der Waals surface area (Å²) in [4.78, 5) is 22.1. The second kappa shape index (κ2) is 6.52. The number of benzene rings is 1. The molecule has 0 saturated heterocycles. The van der Waals surface area contributed by atoms with Crippen molar-refractivity contribution in [3.8, 4) is 5.75 Å². The molecule has 0 fully saturated rings. The van der Waals surface area contributed by atoms with Crippen molar-refractivity contribution < 1.29 is 14.3 Å². The third-order valence-electron chi connectivity index (χ3n) is 2.03. The Kier molecular flexibility index (Phi) is 5.00. The zero-order valence-electron chi connectivity index (χ0n) is 9.73. The molecule has 0 atom stereocenters. The van der Waals surface area contributed by atoms with E-state index in [2.05, 4.69) is 5.32 Å². The molecule has 0 unspecified atom stereocenters. The van der Waals surface area contributed by atoms with Crippen LogP contribution >= 0.6 is 0 Å². The van der Waals surface area contributed by atoms with E-state index in [4.69, 9.17) is 10.5 Å². The van der Waals surface area contributed by atoms with Gasteiger partial charge in [-0.1, -0.05) is 6.92 Å². The Morgan fingerprint density at radius 2 is 1.94 bits per heavy atom. The third-order valence-corrected chi connectivity index (χ3v) is 2.03. The van der Waals surface area contributed by atoms with Crippen molar-refractivity contribution in [2.75, 3.05) is 13.2 Å². The summed E-state index contributed by atoms with van der Waals surface area (Å²) in [5, 5.41) is 2.76. The predicted octanol–water partition coefficient (Wildman–Crippen LogP) is 0.690. The van der Waals surface area contributed by atoms with Crippen LogP contribution in [0.2, 0.25) is 0 Å². The van der Waals surface area contributed by atoms with Crippen LogP contribution in [0.5, 0.6) is 5.75 Å². The van der Waals surface area contributed by atoms with Gasteiger partial charge >= 0.3 is 0 Å². The van der Waals surface area contributed by atoms with Gasteiger partial charge in [-0.2, -0.15) is 0 Å². The van der Waals surface area contributed by atoms with Gasteiger partial charge in [-0.3, -0.25) is 9.59 Å². The molecule has 0 aliphatic carbocycles. The Balaban J connectivity index is 2.55. The predicted molar refractivity (Wildman–Crippen MR) is 63.8 cm³/mol. The van der Waals surface area contributed by atoms with E-state index in [0.717, 1.165) is 6.42 Å². The van der Waals surface area contributed by atoms with E-state index < -0.39 is 5.91 Å². The lowest BCUT2D eigenvalue weighted by Gasteiger charge is -2.06. The minimum atomic E-state index is -0.533. The van der Waals surface area contributed by atoms with Crippen LogP contribution in [-0.4, -0.2) is 25.0 Å². The molecule has 0 aliphatic rings. The molecule has 0 bridgehead atoms. The second-order valence-corrected chi connectivity index (χ2v) is 3.54. The maximum absolute atomic E-state index is 11.6. The fraction of sp³-hybridized carbons (Fsp3) is 0.333. The number of ether oxygens (including phenoxy) is 1. The number of primary amides is 1. The average Bonchev–Trinajstić information content (AvgIpc) is 2.34. The van der Waals surface area contributed by atoms with Crippen LogP contribution in [-0.2, 0) is 4.79 Å². The molecule has 0 heterocycles. The molecule has 2 amide bonds. The van der Waals surface area contributed by atoms with E-state index in [9.17, 15) is 9.59 Å². The van der Waals surface area contributed by atoms with E-state index in [1.54, 1.807) is 24.3 Å². The highest BCUT2D eigenvalue weighted by Crippen LogP contribution is 2.11. The summed E-state index contributed by atoms with van der Waals surface area (Å²) in [6, 6.07) is 6.54. The van der Waals surface area contributed by atoms with Crippen LogP contribution in [0, 0.1) is 0 Å². The van der Waals surface area contributed by atoms with Gasteiger partial charge in [0.15, 0.2) is 6.61 Å². The van der Waals surface area contributed by atoms with Gasteiger partial charge in [-0.15, -0.1) is 0 Å². The molecule has 5 nitrogen and oxygen atoms in total. The van der Waals surface area contributed by atoms with Crippen LogP contribution in [0.1, 0.15) is 23.7 Å². The second-order valence-electron chi connectivity index (χ2n) is 3.54. The lowest BCUT2D eigenvalue weighted by Crippen LogP contribution is -2.23. The molecule has 1 rings (SSSR count). The van der Waals surface area contributed by atoms with Gasteiger partial charge in [-0.05, 0) is 30.7 Å². The number of carbonyl (C=O) groups excluding carboxylic acids is 2. The van der Waals surface area contributed by atoms with Crippen LogP contribution in [0.4, 0.5) is 0 Å². The topological polar surface area (TPSA) is 81.4 Å². The maximum atomic E-state index is 11.6. The summed E-state index contributed by atoms with van der Waals surface area (Å²) >= 11 is 0. The SMILES string of the molecule is CCCNC(=O)c1ccc(OCC(N)=O)cc1. The highest BCUT2D eigenvalue weighted by atomic mass is 16.5. The molecule has 1 aromatic carbocycles. The first-order valence-electron chi connectivity index (χ1n) is 5.43. The Morgan fingerprint density at radius 1 is 1.29 bits per heavy atom. The van der Waals surface area contributed by atoms with E-state index in [1.807, 2.05) is 6.92 Å². The van der Waals surface area contributed by atoms with Crippen molar-refractivity contribution >= 4 is 11.8 Å². The fourth-order valence-electron chi connectivity index (χ4n) is 1.20. The summed E-state index contributed by atoms with van der Waals surface area (Å²) in [7, 11) is 0. The van der Waals surface area contributed by atoms with E-state index in [-0.39, 0.29) is 12.5 Å². The standard InChI is InChI=1S/C12H16N2O3/c1-2-7-14-12(16)9-3-5-10(6-4-9)17-8-11(13)15/h3-6H,2,7-8H2,1H3,(H2,13,15)(H,14,16). The highest BCUT2D eigenvalue weighted by molar-refractivity contribution is 5.94. The minimum Gasteiger partial charge on any atom is -0.484 e. The molecule has 17 heavy (non-hydrogen) atoms. The number of nitrogens with one attached hydrogen (secondary N) is 1. The molecule has 92 valence electrons. The molecule has 0 aromatic heterocycles. The Hall–Kier alpha value is -2.04. The normalized spacial score (nSPS) is 9.71. The number of carbonyl (C=O) groups is 2. The van der Waals surface area contributed by atoms with Gasteiger partial charge < -0.3 is 15.8 Å². The van der Waals surface area contributed by atoms with Crippen LogP contribution in [0.25, 0.3) is 0 Å². The van der Waals surface area contributed by atoms with E-state index in [1.165, 1.54) is 0 Å². The van der Waals surface area contributed by atoms with Gasteiger partial charge in [0, 0.05) is 12.1 Å². The van der Waals surface area contributed by atoms with Gasteiger partial charge in [0.25, 0.3) is 11.8 Å². The average molecular weight is 236 g/mol. The van der Waals surface area contributed by atoms with Crippen LogP contribution in [0.3, 0.4) is 0 Å². The molecule has 0 spiro atoms. The Labute approximate surface area is 99.9 Å². The number of hydrogen-bond acceptors (Lipinski definition) is 3. The minimum absolute atomic E-state index is 0.117. The third kappa shape index (κ3) is 4.55. The number of nitrogens with two attached hydrogens (primary N) is 1. The molecule has 0 aliphatic heterocycles. The molecular formula is C12H16N2O3. The van der Waals surface area contributed by atoms with Crippen molar-refractivity contribution in [1.29, 1.82) is 0 Å². The van der Waals surface area contributed by atoms with Crippen LogP contribution in [0.15, 0.2) is 24.3 Å². The first-order valence-corrected chi connectivity index (χ1v) is 5.43.